The van der Waals surface area contributed by atoms with Gasteiger partial charge in [0.05, 0.1) is 0 Å². The Balaban J connectivity index is 3.07. The Morgan fingerprint density at radius 2 is 1.33 bits per heavy atom. The van der Waals surface area contributed by atoms with E-state index in [-0.39, 0.29) is 5.91 Å². The van der Waals surface area contributed by atoms with Crippen molar-refractivity contribution in [1.29, 1.82) is 0 Å². The number of unbranched alkanes of at least 4 members (excludes halogenated alkanes) is 9. The van der Waals surface area contributed by atoms with Crippen LogP contribution >= 0.6 is 0 Å². The van der Waals surface area contributed by atoms with Crippen molar-refractivity contribution < 1.29 is 4.79 Å². The van der Waals surface area contributed by atoms with Crippen LogP contribution in [-0.2, 0) is 4.79 Å². The summed E-state index contributed by atoms with van der Waals surface area (Å²) in [6.45, 7) is 2.26. The van der Waals surface area contributed by atoms with Gasteiger partial charge in [-0.25, -0.2) is 0 Å². The van der Waals surface area contributed by atoms with Gasteiger partial charge >= 0.3 is 0 Å². The molecule has 0 heterocycles. The first-order chi connectivity index (χ1) is 8.77. The van der Waals surface area contributed by atoms with Crippen LogP contribution in [0.1, 0.15) is 84.0 Å². The summed E-state index contributed by atoms with van der Waals surface area (Å²) < 4.78 is 0. The number of primary amides is 1. The molecule has 0 aromatic carbocycles. The molecule has 0 rings (SSSR count). The number of hydrogen-bond acceptors (Lipinski definition) is 1. The summed E-state index contributed by atoms with van der Waals surface area (Å²) >= 11 is 0. The van der Waals surface area contributed by atoms with Crippen molar-refractivity contribution in [2.24, 2.45) is 5.73 Å². The zero-order valence-electron chi connectivity index (χ0n) is 12.1. The predicted octanol–water partition coefficient (Wildman–Crippen LogP) is 4.73. The molecule has 0 unspecified atom stereocenters. The standard InChI is InChI=1S/C16H31NO/c1-2-3-4-5-6-7-8-9-10-11-12-13-14-15-16(17)18/h9-10H,2-8,11-15H2,1H3,(H2,17,18)/b10-9+. The zero-order valence-corrected chi connectivity index (χ0v) is 12.1. The molecule has 0 saturated heterocycles. The Labute approximate surface area is 113 Å². The fourth-order valence-corrected chi connectivity index (χ4v) is 2.02. The first kappa shape index (κ1) is 17.2. The van der Waals surface area contributed by atoms with E-state index in [2.05, 4.69) is 19.1 Å². The van der Waals surface area contributed by atoms with Gasteiger partial charge in [-0.05, 0) is 32.1 Å². The van der Waals surface area contributed by atoms with E-state index in [0.717, 1.165) is 19.3 Å². The second-order valence-corrected chi connectivity index (χ2v) is 5.09. The van der Waals surface area contributed by atoms with E-state index in [1.807, 2.05) is 0 Å². The summed E-state index contributed by atoms with van der Waals surface area (Å²) in [6, 6.07) is 0. The Morgan fingerprint density at radius 1 is 0.833 bits per heavy atom. The predicted molar refractivity (Wildman–Crippen MR) is 79.4 cm³/mol. The van der Waals surface area contributed by atoms with Gasteiger partial charge in [-0.2, -0.15) is 0 Å². The minimum atomic E-state index is -0.173. The third kappa shape index (κ3) is 15.2. The van der Waals surface area contributed by atoms with Crippen LogP contribution in [0.5, 0.6) is 0 Å². The Kier molecular flexibility index (Phi) is 13.6. The highest BCUT2D eigenvalue weighted by atomic mass is 16.1. The molecule has 0 saturated carbocycles. The number of rotatable bonds is 13. The lowest BCUT2D eigenvalue weighted by atomic mass is 10.1. The van der Waals surface area contributed by atoms with Gasteiger partial charge in [0.1, 0.15) is 0 Å². The average Bonchev–Trinajstić information content (AvgIpc) is 2.34. The number of carbonyl (C=O) groups is 1. The maximum absolute atomic E-state index is 10.5. The molecule has 0 spiro atoms. The lowest BCUT2D eigenvalue weighted by molar-refractivity contribution is -0.118. The van der Waals surface area contributed by atoms with E-state index in [0.29, 0.717) is 6.42 Å². The minimum absolute atomic E-state index is 0.173. The zero-order chi connectivity index (χ0) is 13.5. The molecular formula is C16H31NO. The smallest absolute Gasteiger partial charge is 0.217 e. The molecule has 0 aliphatic heterocycles. The highest BCUT2D eigenvalue weighted by Crippen LogP contribution is 2.08. The van der Waals surface area contributed by atoms with Gasteiger partial charge in [0.2, 0.25) is 5.91 Å². The van der Waals surface area contributed by atoms with E-state index in [9.17, 15) is 4.79 Å². The Morgan fingerprint density at radius 3 is 1.89 bits per heavy atom. The average molecular weight is 253 g/mol. The lowest BCUT2D eigenvalue weighted by Crippen LogP contribution is -2.09. The number of hydrogen-bond donors (Lipinski definition) is 1. The third-order valence-electron chi connectivity index (χ3n) is 3.18. The molecule has 0 aliphatic carbocycles. The molecule has 0 bridgehead atoms. The molecule has 2 nitrogen and oxygen atoms in total. The van der Waals surface area contributed by atoms with Crippen LogP contribution < -0.4 is 5.73 Å². The van der Waals surface area contributed by atoms with Crippen LogP contribution in [0.4, 0.5) is 0 Å². The van der Waals surface area contributed by atoms with Gasteiger partial charge in [0.25, 0.3) is 0 Å². The van der Waals surface area contributed by atoms with Gasteiger partial charge in [-0.1, -0.05) is 57.6 Å². The van der Waals surface area contributed by atoms with Crippen LogP contribution in [0.3, 0.4) is 0 Å². The van der Waals surface area contributed by atoms with Crippen molar-refractivity contribution in [2.45, 2.75) is 84.0 Å². The second-order valence-electron chi connectivity index (χ2n) is 5.09. The van der Waals surface area contributed by atoms with Crippen molar-refractivity contribution in [3.05, 3.63) is 12.2 Å². The minimum Gasteiger partial charge on any atom is -0.370 e. The number of allylic oxidation sites excluding steroid dienone is 2. The summed E-state index contributed by atoms with van der Waals surface area (Å²) in [6.07, 6.45) is 19.0. The van der Waals surface area contributed by atoms with E-state index < -0.39 is 0 Å². The highest BCUT2D eigenvalue weighted by Gasteiger charge is 1.93. The van der Waals surface area contributed by atoms with E-state index >= 15 is 0 Å². The van der Waals surface area contributed by atoms with Gasteiger partial charge in [-0.15, -0.1) is 0 Å². The highest BCUT2D eigenvalue weighted by molar-refractivity contribution is 5.73. The molecule has 2 heteroatoms. The van der Waals surface area contributed by atoms with Gasteiger partial charge in [0.15, 0.2) is 0 Å². The summed E-state index contributed by atoms with van der Waals surface area (Å²) in [7, 11) is 0. The molecule has 106 valence electrons. The topological polar surface area (TPSA) is 43.1 Å². The van der Waals surface area contributed by atoms with Gasteiger partial charge in [-0.3, -0.25) is 4.79 Å². The molecule has 0 atom stereocenters. The van der Waals surface area contributed by atoms with Crippen LogP contribution in [0, 0.1) is 0 Å². The molecular weight excluding hydrogens is 222 g/mol. The summed E-state index contributed by atoms with van der Waals surface area (Å²) in [5.74, 6) is -0.173. The number of amides is 1. The maximum Gasteiger partial charge on any atom is 0.217 e. The molecule has 0 aromatic rings. The summed E-state index contributed by atoms with van der Waals surface area (Å²) in [5.41, 5.74) is 5.08. The quantitative estimate of drug-likeness (QED) is 0.374. The number of nitrogens with two attached hydrogens (primary N) is 1. The molecule has 1 amide bonds. The fourth-order valence-electron chi connectivity index (χ4n) is 2.02. The number of carbonyl (C=O) groups excluding carboxylic acids is 1. The SMILES string of the molecule is CCCCCCCC/C=C/CCCCCC(N)=O. The normalized spacial score (nSPS) is 11.2. The molecule has 0 fully saturated rings. The molecule has 18 heavy (non-hydrogen) atoms. The molecule has 0 aliphatic rings. The van der Waals surface area contributed by atoms with Crippen molar-refractivity contribution in [1.82, 2.24) is 0 Å². The van der Waals surface area contributed by atoms with Crippen LogP contribution in [0.2, 0.25) is 0 Å². The van der Waals surface area contributed by atoms with Crippen LogP contribution in [-0.4, -0.2) is 5.91 Å². The van der Waals surface area contributed by atoms with Gasteiger partial charge in [0, 0.05) is 6.42 Å². The van der Waals surface area contributed by atoms with Crippen molar-refractivity contribution in [2.75, 3.05) is 0 Å². The Bertz CT molecular complexity index is 211. The Hall–Kier alpha value is -0.790. The van der Waals surface area contributed by atoms with Crippen molar-refractivity contribution in [3.63, 3.8) is 0 Å². The molecule has 0 radical (unpaired) electrons. The van der Waals surface area contributed by atoms with E-state index in [1.165, 1.54) is 51.4 Å². The van der Waals surface area contributed by atoms with E-state index in [1.54, 1.807) is 0 Å². The third-order valence-corrected chi connectivity index (χ3v) is 3.18. The van der Waals surface area contributed by atoms with Crippen LogP contribution in [0.25, 0.3) is 0 Å². The van der Waals surface area contributed by atoms with Crippen molar-refractivity contribution in [3.8, 4) is 0 Å². The molecule has 2 N–H and O–H groups in total. The summed E-state index contributed by atoms with van der Waals surface area (Å²) in [4.78, 5) is 10.5. The van der Waals surface area contributed by atoms with Gasteiger partial charge < -0.3 is 5.73 Å². The van der Waals surface area contributed by atoms with Crippen molar-refractivity contribution >= 4 is 5.91 Å². The monoisotopic (exact) mass is 253 g/mol. The van der Waals surface area contributed by atoms with Crippen LogP contribution in [0.15, 0.2) is 12.2 Å². The van der Waals surface area contributed by atoms with E-state index in [4.69, 9.17) is 5.73 Å². The lowest BCUT2D eigenvalue weighted by Gasteiger charge is -1.98. The first-order valence-corrected chi connectivity index (χ1v) is 7.70. The summed E-state index contributed by atoms with van der Waals surface area (Å²) in [5, 5.41) is 0. The first-order valence-electron chi connectivity index (χ1n) is 7.70. The largest absolute Gasteiger partial charge is 0.370 e. The second kappa shape index (κ2) is 14.3. The maximum atomic E-state index is 10.5. The fraction of sp³-hybridized carbons (Fsp3) is 0.812. The molecule has 0 aromatic heterocycles.